The number of anilines is 1. The van der Waals surface area contributed by atoms with E-state index in [0.29, 0.717) is 45.9 Å². The molecule has 0 saturated carbocycles. The second kappa shape index (κ2) is 9.01. The number of aromatic amines is 1. The molecule has 0 fully saturated rings. The Bertz CT molecular complexity index is 1250. The Morgan fingerprint density at radius 2 is 1.94 bits per heavy atom. The molecule has 32 heavy (non-hydrogen) atoms. The van der Waals surface area contributed by atoms with E-state index in [2.05, 4.69) is 15.6 Å². The molecule has 7 heteroatoms. The Morgan fingerprint density at radius 1 is 1.12 bits per heavy atom. The van der Waals surface area contributed by atoms with Gasteiger partial charge >= 0.3 is 0 Å². The third-order valence-corrected chi connectivity index (χ3v) is 6.11. The minimum absolute atomic E-state index is 0.231. The van der Waals surface area contributed by atoms with Crippen LogP contribution in [-0.4, -0.2) is 23.8 Å². The Morgan fingerprint density at radius 3 is 2.69 bits per heavy atom. The van der Waals surface area contributed by atoms with Crippen molar-refractivity contribution in [2.75, 3.05) is 11.9 Å². The molecule has 0 spiro atoms. The molecule has 5 nitrogen and oxygen atoms in total. The number of aryl methyl sites for hydroxylation is 1. The van der Waals surface area contributed by atoms with Crippen molar-refractivity contribution in [3.05, 3.63) is 75.3 Å². The van der Waals surface area contributed by atoms with Crippen LogP contribution in [0.5, 0.6) is 0 Å². The van der Waals surface area contributed by atoms with Gasteiger partial charge in [0.2, 0.25) is 6.41 Å². The van der Waals surface area contributed by atoms with Crippen LogP contribution in [0.25, 0.3) is 22.8 Å². The molecule has 1 aromatic heterocycles. The number of hydrogen-bond acceptors (Lipinski definition) is 2. The van der Waals surface area contributed by atoms with E-state index in [1.54, 1.807) is 24.3 Å². The SMILES string of the molecule is Cc1c(/C=C2\C(=O)Nc3cccc(-c4ccc(Cl)cc4F)c32)[nH]c(CCCNC=O)c1C. The molecule has 0 atom stereocenters. The Balaban J connectivity index is 1.76. The van der Waals surface area contributed by atoms with Crippen molar-refractivity contribution in [3.63, 3.8) is 0 Å². The number of benzene rings is 2. The average Bonchev–Trinajstić information content (AvgIpc) is 3.22. The number of nitrogens with one attached hydrogen (secondary N) is 3. The number of hydrogen-bond donors (Lipinski definition) is 3. The summed E-state index contributed by atoms with van der Waals surface area (Å²) in [5.41, 5.74) is 6.88. The number of carbonyl (C=O) groups is 2. The molecule has 0 unspecified atom stereocenters. The minimum atomic E-state index is -0.442. The summed E-state index contributed by atoms with van der Waals surface area (Å²) in [5.74, 6) is -0.673. The highest BCUT2D eigenvalue weighted by atomic mass is 35.5. The van der Waals surface area contributed by atoms with E-state index >= 15 is 0 Å². The summed E-state index contributed by atoms with van der Waals surface area (Å²) in [6, 6.07) is 9.94. The van der Waals surface area contributed by atoms with Crippen molar-refractivity contribution in [1.82, 2.24) is 10.3 Å². The predicted octanol–water partition coefficient (Wildman–Crippen LogP) is 5.26. The third-order valence-electron chi connectivity index (χ3n) is 5.87. The third kappa shape index (κ3) is 4.06. The second-order valence-electron chi connectivity index (χ2n) is 7.81. The fourth-order valence-corrected chi connectivity index (χ4v) is 4.22. The first-order chi connectivity index (χ1) is 15.4. The molecule has 3 N–H and O–H groups in total. The van der Waals surface area contributed by atoms with Gasteiger partial charge < -0.3 is 15.6 Å². The minimum Gasteiger partial charge on any atom is -0.359 e. The molecule has 2 amide bonds. The zero-order valence-corrected chi connectivity index (χ0v) is 18.6. The maximum atomic E-state index is 14.7. The van der Waals surface area contributed by atoms with Crippen molar-refractivity contribution >= 4 is 41.3 Å². The standard InChI is InChI=1S/C25H23ClFN3O2/c1-14-15(2)23(29-21(14)7-4-10-28-13-31)12-19-24-18(5-3-6-22(24)30-25(19)32)17-9-8-16(26)11-20(17)27/h3,5-6,8-9,11-13,29H,4,7,10H2,1-2H3,(H,28,31)(H,30,32)/b19-12-. The number of halogens is 2. The Labute approximate surface area is 190 Å². The van der Waals surface area contributed by atoms with E-state index < -0.39 is 5.82 Å². The summed E-state index contributed by atoms with van der Waals surface area (Å²) >= 11 is 5.93. The summed E-state index contributed by atoms with van der Waals surface area (Å²) in [5, 5.41) is 5.87. The van der Waals surface area contributed by atoms with E-state index in [1.165, 1.54) is 6.07 Å². The number of H-pyrrole nitrogens is 1. The van der Waals surface area contributed by atoms with Crippen molar-refractivity contribution < 1.29 is 14.0 Å². The molecule has 164 valence electrons. The maximum Gasteiger partial charge on any atom is 0.256 e. The highest BCUT2D eigenvalue weighted by molar-refractivity contribution is 6.36. The van der Waals surface area contributed by atoms with Crippen LogP contribution in [0.3, 0.4) is 0 Å². The summed E-state index contributed by atoms with van der Waals surface area (Å²) in [6.07, 6.45) is 4.10. The molecular weight excluding hydrogens is 429 g/mol. The molecule has 0 aliphatic carbocycles. The normalized spacial score (nSPS) is 13.9. The van der Waals surface area contributed by atoms with Crippen LogP contribution in [-0.2, 0) is 16.0 Å². The van der Waals surface area contributed by atoms with Crippen LogP contribution in [0.15, 0.2) is 36.4 Å². The van der Waals surface area contributed by atoms with Crippen LogP contribution >= 0.6 is 11.6 Å². The molecule has 0 saturated heterocycles. The van der Waals surface area contributed by atoms with Gasteiger partial charge in [0.25, 0.3) is 5.91 Å². The molecule has 1 aliphatic rings. The van der Waals surface area contributed by atoms with Gasteiger partial charge in [0, 0.05) is 39.8 Å². The van der Waals surface area contributed by atoms with Gasteiger partial charge in [0.15, 0.2) is 0 Å². The first kappa shape index (κ1) is 21.8. The van der Waals surface area contributed by atoms with Gasteiger partial charge in [-0.2, -0.15) is 0 Å². The lowest BCUT2D eigenvalue weighted by Gasteiger charge is -2.10. The highest BCUT2D eigenvalue weighted by Crippen LogP contribution is 2.41. The molecule has 4 rings (SSSR count). The molecule has 2 aromatic carbocycles. The first-order valence-corrected chi connectivity index (χ1v) is 10.8. The number of carbonyl (C=O) groups excluding carboxylic acids is 2. The Hall–Kier alpha value is -3.38. The number of fused-ring (bicyclic) bond motifs is 1. The van der Waals surface area contributed by atoms with Gasteiger partial charge in [-0.25, -0.2) is 4.39 Å². The molecule has 0 bridgehead atoms. The van der Waals surface area contributed by atoms with Gasteiger partial charge in [-0.1, -0.05) is 23.7 Å². The van der Waals surface area contributed by atoms with Crippen LogP contribution in [0.1, 0.15) is 34.5 Å². The molecule has 3 aromatic rings. The highest BCUT2D eigenvalue weighted by Gasteiger charge is 2.28. The first-order valence-electron chi connectivity index (χ1n) is 10.4. The molecular formula is C25H23ClFN3O2. The van der Waals surface area contributed by atoms with Gasteiger partial charge in [-0.05, 0) is 73.7 Å². The van der Waals surface area contributed by atoms with E-state index in [1.807, 2.05) is 26.0 Å². The van der Waals surface area contributed by atoms with E-state index in [-0.39, 0.29) is 5.91 Å². The van der Waals surface area contributed by atoms with Crippen LogP contribution in [0.2, 0.25) is 5.02 Å². The second-order valence-corrected chi connectivity index (χ2v) is 8.24. The lowest BCUT2D eigenvalue weighted by Crippen LogP contribution is -2.12. The molecule has 1 aliphatic heterocycles. The lowest BCUT2D eigenvalue weighted by atomic mass is 9.94. The van der Waals surface area contributed by atoms with Gasteiger partial charge in [-0.15, -0.1) is 0 Å². The van der Waals surface area contributed by atoms with E-state index in [0.717, 1.165) is 35.4 Å². The van der Waals surface area contributed by atoms with Crippen molar-refractivity contribution in [2.24, 2.45) is 0 Å². The van der Waals surface area contributed by atoms with E-state index in [4.69, 9.17) is 11.6 Å². The Kier molecular flexibility index (Phi) is 6.15. The zero-order valence-electron chi connectivity index (χ0n) is 17.8. The van der Waals surface area contributed by atoms with Crippen LogP contribution in [0, 0.1) is 19.7 Å². The number of rotatable bonds is 7. The zero-order chi connectivity index (χ0) is 22.8. The number of aromatic nitrogens is 1. The average molecular weight is 452 g/mol. The van der Waals surface area contributed by atoms with Gasteiger partial charge in [0.05, 0.1) is 5.57 Å². The fourth-order valence-electron chi connectivity index (χ4n) is 4.06. The predicted molar refractivity (Wildman–Crippen MR) is 126 cm³/mol. The van der Waals surface area contributed by atoms with E-state index in [9.17, 15) is 14.0 Å². The lowest BCUT2D eigenvalue weighted by molar-refractivity contribution is -0.111. The fraction of sp³-hybridized carbons (Fsp3) is 0.200. The van der Waals surface area contributed by atoms with Crippen molar-refractivity contribution in [2.45, 2.75) is 26.7 Å². The van der Waals surface area contributed by atoms with Crippen molar-refractivity contribution in [1.29, 1.82) is 0 Å². The summed E-state index contributed by atoms with van der Waals surface area (Å²) in [6.45, 7) is 4.64. The topological polar surface area (TPSA) is 74.0 Å². The maximum absolute atomic E-state index is 14.7. The summed E-state index contributed by atoms with van der Waals surface area (Å²) in [4.78, 5) is 26.7. The molecule has 0 radical (unpaired) electrons. The van der Waals surface area contributed by atoms with Crippen molar-refractivity contribution in [3.8, 4) is 11.1 Å². The van der Waals surface area contributed by atoms with Crippen LogP contribution in [0.4, 0.5) is 10.1 Å². The monoisotopic (exact) mass is 451 g/mol. The quantitative estimate of drug-likeness (QED) is 0.260. The largest absolute Gasteiger partial charge is 0.359 e. The van der Waals surface area contributed by atoms with Gasteiger partial charge in [0.1, 0.15) is 5.82 Å². The number of amides is 2. The smallest absolute Gasteiger partial charge is 0.256 e. The summed E-state index contributed by atoms with van der Waals surface area (Å²) in [7, 11) is 0. The van der Waals surface area contributed by atoms with Gasteiger partial charge in [-0.3, -0.25) is 9.59 Å². The molecule has 2 heterocycles. The van der Waals surface area contributed by atoms with Crippen LogP contribution < -0.4 is 10.6 Å². The summed E-state index contributed by atoms with van der Waals surface area (Å²) < 4.78 is 14.7.